The summed E-state index contributed by atoms with van der Waals surface area (Å²) in [5.74, 6) is 0.0772. The molecule has 2 aromatic carbocycles. The second kappa shape index (κ2) is 7.18. The Morgan fingerprint density at radius 2 is 1.54 bits per heavy atom. The number of carboxylic acid groups (broad SMARTS) is 1. The molecule has 0 amide bonds. The number of aliphatic carboxylic acids is 1. The average Bonchev–Trinajstić information content (AvgIpc) is 2.60. The summed E-state index contributed by atoms with van der Waals surface area (Å²) in [5, 5.41) is 9.35. The van der Waals surface area contributed by atoms with Crippen LogP contribution in [0.5, 0.6) is 0 Å². The van der Waals surface area contributed by atoms with Crippen molar-refractivity contribution in [1.82, 2.24) is 0 Å². The minimum Gasteiger partial charge on any atom is -0.481 e. The molecule has 0 spiro atoms. The highest BCUT2D eigenvalue weighted by Crippen LogP contribution is 2.55. The highest BCUT2D eigenvalue weighted by atomic mass is 16.4. The second-order valence-electron chi connectivity index (χ2n) is 7.09. The Kier molecular flexibility index (Phi) is 5.00. The first-order valence-electron chi connectivity index (χ1n) is 8.63. The number of carbonyl (C=O) groups is 1. The molecule has 3 heteroatoms. The van der Waals surface area contributed by atoms with Crippen molar-refractivity contribution in [2.75, 3.05) is 6.54 Å². The molecule has 126 valence electrons. The van der Waals surface area contributed by atoms with Gasteiger partial charge in [-0.1, -0.05) is 60.7 Å². The van der Waals surface area contributed by atoms with Crippen molar-refractivity contribution in [3.8, 4) is 0 Å². The predicted octanol–water partition coefficient (Wildman–Crippen LogP) is 3.53. The fourth-order valence-corrected chi connectivity index (χ4v) is 4.35. The number of hydrogen-bond donors (Lipinski definition) is 2. The van der Waals surface area contributed by atoms with Crippen LogP contribution in [0.2, 0.25) is 0 Å². The number of carboxylic acids is 1. The van der Waals surface area contributed by atoms with Gasteiger partial charge in [0, 0.05) is 0 Å². The van der Waals surface area contributed by atoms with Crippen molar-refractivity contribution in [3.63, 3.8) is 0 Å². The summed E-state index contributed by atoms with van der Waals surface area (Å²) in [5.41, 5.74) is 8.38. The standard InChI is InChI=1S/C21H25NO2/c22-15-21(14-20(23)24)13-18(11-16-7-3-1-4-8-16)19(21)12-17-9-5-2-6-10-17/h1-10,18-19H,11-15,22H2,(H,23,24). The van der Waals surface area contributed by atoms with Crippen LogP contribution < -0.4 is 5.73 Å². The molecular weight excluding hydrogens is 298 g/mol. The zero-order valence-electron chi connectivity index (χ0n) is 13.9. The van der Waals surface area contributed by atoms with Gasteiger partial charge in [0.25, 0.3) is 0 Å². The molecule has 1 aliphatic rings. The second-order valence-corrected chi connectivity index (χ2v) is 7.09. The molecule has 3 N–H and O–H groups in total. The van der Waals surface area contributed by atoms with Gasteiger partial charge in [-0.15, -0.1) is 0 Å². The molecular formula is C21H25NO2. The van der Waals surface area contributed by atoms with Gasteiger partial charge in [-0.25, -0.2) is 0 Å². The van der Waals surface area contributed by atoms with Gasteiger partial charge >= 0.3 is 5.97 Å². The first-order chi connectivity index (χ1) is 11.6. The number of benzene rings is 2. The lowest BCUT2D eigenvalue weighted by atomic mass is 9.49. The van der Waals surface area contributed by atoms with Crippen LogP contribution in [0.25, 0.3) is 0 Å². The zero-order chi connectivity index (χ0) is 17.0. The van der Waals surface area contributed by atoms with Crippen LogP contribution in [0.15, 0.2) is 60.7 Å². The first-order valence-corrected chi connectivity index (χ1v) is 8.63. The predicted molar refractivity (Wildman–Crippen MR) is 95.6 cm³/mol. The maximum absolute atomic E-state index is 11.4. The highest BCUT2D eigenvalue weighted by Gasteiger charge is 2.53. The Morgan fingerprint density at radius 1 is 1.00 bits per heavy atom. The molecule has 2 aromatic rings. The molecule has 3 atom stereocenters. The van der Waals surface area contributed by atoms with Gasteiger partial charge in [0.15, 0.2) is 0 Å². The van der Waals surface area contributed by atoms with E-state index >= 15 is 0 Å². The Hall–Kier alpha value is -2.13. The molecule has 3 rings (SSSR count). The van der Waals surface area contributed by atoms with Gasteiger partial charge < -0.3 is 10.8 Å². The minimum absolute atomic E-state index is 0.173. The summed E-state index contributed by atoms with van der Waals surface area (Å²) in [6, 6.07) is 20.8. The summed E-state index contributed by atoms with van der Waals surface area (Å²) < 4.78 is 0. The maximum Gasteiger partial charge on any atom is 0.303 e. The number of hydrogen-bond acceptors (Lipinski definition) is 2. The third-order valence-corrected chi connectivity index (χ3v) is 5.57. The summed E-state index contributed by atoms with van der Waals surface area (Å²) >= 11 is 0. The molecule has 0 saturated heterocycles. The lowest BCUT2D eigenvalue weighted by Crippen LogP contribution is -2.55. The van der Waals surface area contributed by atoms with E-state index in [0.717, 1.165) is 19.3 Å². The molecule has 3 nitrogen and oxygen atoms in total. The Bertz CT molecular complexity index is 671. The monoisotopic (exact) mass is 323 g/mol. The van der Waals surface area contributed by atoms with E-state index in [0.29, 0.717) is 18.4 Å². The van der Waals surface area contributed by atoms with Gasteiger partial charge in [-0.05, 0) is 54.2 Å². The molecule has 0 aromatic heterocycles. The lowest BCUT2D eigenvalue weighted by Gasteiger charge is -2.55. The molecule has 0 heterocycles. The van der Waals surface area contributed by atoms with E-state index in [-0.39, 0.29) is 11.8 Å². The molecule has 3 unspecified atom stereocenters. The maximum atomic E-state index is 11.4. The Balaban J connectivity index is 1.80. The summed E-state index contributed by atoms with van der Waals surface area (Å²) in [4.78, 5) is 11.4. The number of nitrogens with two attached hydrogens (primary N) is 1. The van der Waals surface area contributed by atoms with Crippen LogP contribution in [-0.2, 0) is 17.6 Å². The van der Waals surface area contributed by atoms with E-state index in [4.69, 9.17) is 5.73 Å². The first kappa shape index (κ1) is 16.7. The van der Waals surface area contributed by atoms with Crippen molar-refractivity contribution < 1.29 is 9.90 Å². The molecule has 1 fully saturated rings. The van der Waals surface area contributed by atoms with Gasteiger partial charge in [-0.2, -0.15) is 0 Å². The molecule has 1 aliphatic carbocycles. The molecule has 0 aliphatic heterocycles. The summed E-state index contributed by atoms with van der Waals surface area (Å²) in [6.45, 7) is 0.447. The van der Waals surface area contributed by atoms with E-state index in [9.17, 15) is 9.90 Å². The number of rotatable bonds is 7. The fraction of sp³-hybridized carbons (Fsp3) is 0.381. The minimum atomic E-state index is -0.739. The van der Waals surface area contributed by atoms with E-state index < -0.39 is 5.97 Å². The molecule has 0 bridgehead atoms. The van der Waals surface area contributed by atoms with Crippen molar-refractivity contribution in [1.29, 1.82) is 0 Å². The molecule has 0 radical (unpaired) electrons. The van der Waals surface area contributed by atoms with E-state index in [1.165, 1.54) is 11.1 Å². The Labute approximate surface area is 143 Å². The summed E-state index contributed by atoms with van der Waals surface area (Å²) in [6.07, 6.45) is 2.98. The summed E-state index contributed by atoms with van der Waals surface area (Å²) in [7, 11) is 0. The molecule has 1 saturated carbocycles. The van der Waals surface area contributed by atoms with Crippen LogP contribution in [0.3, 0.4) is 0 Å². The van der Waals surface area contributed by atoms with Gasteiger partial charge in [0.1, 0.15) is 0 Å². The van der Waals surface area contributed by atoms with E-state index in [2.05, 4.69) is 36.4 Å². The smallest absolute Gasteiger partial charge is 0.303 e. The van der Waals surface area contributed by atoms with Gasteiger partial charge in [0.2, 0.25) is 0 Å². The average molecular weight is 323 g/mol. The topological polar surface area (TPSA) is 63.3 Å². The van der Waals surface area contributed by atoms with Crippen LogP contribution in [0.1, 0.15) is 24.0 Å². The van der Waals surface area contributed by atoms with E-state index in [1.54, 1.807) is 0 Å². The lowest BCUT2D eigenvalue weighted by molar-refractivity contribution is -0.146. The SMILES string of the molecule is NCC1(CC(=O)O)CC(Cc2ccccc2)C1Cc1ccccc1. The third-order valence-electron chi connectivity index (χ3n) is 5.57. The fourth-order valence-electron chi connectivity index (χ4n) is 4.35. The normalized spacial score (nSPS) is 25.9. The quantitative estimate of drug-likeness (QED) is 0.819. The van der Waals surface area contributed by atoms with E-state index in [1.807, 2.05) is 24.3 Å². The van der Waals surface area contributed by atoms with Crippen LogP contribution >= 0.6 is 0 Å². The highest BCUT2D eigenvalue weighted by molar-refractivity contribution is 5.68. The molecule has 24 heavy (non-hydrogen) atoms. The van der Waals surface area contributed by atoms with Crippen molar-refractivity contribution in [2.24, 2.45) is 23.0 Å². The van der Waals surface area contributed by atoms with Crippen LogP contribution in [0.4, 0.5) is 0 Å². The zero-order valence-corrected chi connectivity index (χ0v) is 13.9. The van der Waals surface area contributed by atoms with Gasteiger partial charge in [-0.3, -0.25) is 4.79 Å². The third kappa shape index (κ3) is 3.51. The Morgan fingerprint density at radius 3 is 2.04 bits per heavy atom. The van der Waals surface area contributed by atoms with Crippen LogP contribution in [0, 0.1) is 17.3 Å². The van der Waals surface area contributed by atoms with Crippen molar-refractivity contribution in [2.45, 2.75) is 25.7 Å². The van der Waals surface area contributed by atoms with Crippen molar-refractivity contribution in [3.05, 3.63) is 71.8 Å². The largest absolute Gasteiger partial charge is 0.481 e. The van der Waals surface area contributed by atoms with Gasteiger partial charge in [0.05, 0.1) is 6.42 Å². The van der Waals surface area contributed by atoms with Crippen molar-refractivity contribution >= 4 is 5.97 Å². The van der Waals surface area contributed by atoms with Crippen LogP contribution in [-0.4, -0.2) is 17.6 Å².